The molecule has 1 heterocycles. The normalized spacial score (nSPS) is 12.4. The number of benzene rings is 1. The molecule has 2 aromatic rings. The van der Waals surface area contributed by atoms with Crippen LogP contribution in [-0.2, 0) is 0 Å². The first kappa shape index (κ1) is 12.5. The van der Waals surface area contributed by atoms with Crippen molar-refractivity contribution in [1.82, 2.24) is 15.6 Å². The van der Waals surface area contributed by atoms with Gasteiger partial charge < -0.3 is 0 Å². The van der Waals surface area contributed by atoms with Crippen LogP contribution in [0, 0.1) is 17.5 Å². The molecule has 0 aliphatic carbocycles. The molecule has 3 N–H and O–H groups in total. The second kappa shape index (κ2) is 5.11. The second-order valence-corrected chi connectivity index (χ2v) is 3.54. The molecule has 0 saturated carbocycles. The Morgan fingerprint density at radius 3 is 2.44 bits per heavy atom. The van der Waals surface area contributed by atoms with Crippen molar-refractivity contribution in [2.45, 2.75) is 6.04 Å². The molecule has 0 aliphatic heterocycles. The van der Waals surface area contributed by atoms with Crippen molar-refractivity contribution < 1.29 is 13.2 Å². The Hall–Kier alpha value is -1.99. The average molecular weight is 254 g/mol. The first-order chi connectivity index (χ1) is 8.65. The van der Waals surface area contributed by atoms with Gasteiger partial charge in [0.25, 0.3) is 0 Å². The molecule has 2 rings (SSSR count). The van der Waals surface area contributed by atoms with Gasteiger partial charge in [-0.15, -0.1) is 0 Å². The fraction of sp³-hybridized carbons (Fsp3) is 0.0909. The van der Waals surface area contributed by atoms with Crippen LogP contribution in [0.1, 0.15) is 17.2 Å². The third kappa shape index (κ3) is 2.18. The summed E-state index contributed by atoms with van der Waals surface area (Å²) in [6.45, 7) is 0. The lowest BCUT2D eigenvalue weighted by Gasteiger charge is -2.17. The molecule has 4 nitrogen and oxygen atoms in total. The van der Waals surface area contributed by atoms with E-state index < -0.39 is 23.5 Å². The van der Waals surface area contributed by atoms with Crippen LogP contribution in [0.2, 0.25) is 0 Å². The minimum Gasteiger partial charge on any atom is -0.271 e. The van der Waals surface area contributed by atoms with E-state index in [4.69, 9.17) is 5.84 Å². The summed E-state index contributed by atoms with van der Waals surface area (Å²) in [7, 11) is 0. The SMILES string of the molecule is NNC(c1ccnnc1)c1ccc(F)c(F)c1F. The maximum absolute atomic E-state index is 13.6. The summed E-state index contributed by atoms with van der Waals surface area (Å²) in [5.74, 6) is 1.25. The molecule has 1 aromatic carbocycles. The van der Waals surface area contributed by atoms with Gasteiger partial charge in [-0.3, -0.25) is 5.84 Å². The maximum Gasteiger partial charge on any atom is 0.194 e. The largest absolute Gasteiger partial charge is 0.271 e. The number of nitrogens with two attached hydrogens (primary N) is 1. The molecule has 1 atom stereocenters. The molecule has 0 bridgehead atoms. The van der Waals surface area contributed by atoms with Gasteiger partial charge in [-0.25, -0.2) is 18.6 Å². The van der Waals surface area contributed by atoms with Gasteiger partial charge in [0.15, 0.2) is 17.5 Å². The molecule has 1 aromatic heterocycles. The van der Waals surface area contributed by atoms with Gasteiger partial charge >= 0.3 is 0 Å². The van der Waals surface area contributed by atoms with E-state index in [1.165, 1.54) is 18.5 Å². The third-order valence-corrected chi connectivity index (χ3v) is 2.48. The maximum atomic E-state index is 13.6. The van der Waals surface area contributed by atoms with E-state index >= 15 is 0 Å². The van der Waals surface area contributed by atoms with Gasteiger partial charge in [0, 0.05) is 11.8 Å². The van der Waals surface area contributed by atoms with Gasteiger partial charge in [0.2, 0.25) is 0 Å². The lowest BCUT2D eigenvalue weighted by molar-refractivity contribution is 0.433. The van der Waals surface area contributed by atoms with E-state index in [0.717, 1.165) is 12.1 Å². The summed E-state index contributed by atoms with van der Waals surface area (Å²) < 4.78 is 39.6. The van der Waals surface area contributed by atoms with Crippen LogP contribution >= 0.6 is 0 Å². The number of hydrazine groups is 1. The zero-order chi connectivity index (χ0) is 13.1. The molecular weight excluding hydrogens is 245 g/mol. The van der Waals surface area contributed by atoms with E-state index in [1.807, 2.05) is 0 Å². The number of hydrogen-bond acceptors (Lipinski definition) is 4. The topological polar surface area (TPSA) is 63.8 Å². The summed E-state index contributed by atoms with van der Waals surface area (Å²) in [5, 5.41) is 7.18. The smallest absolute Gasteiger partial charge is 0.194 e. The predicted octanol–water partition coefficient (Wildman–Crippen LogP) is 1.45. The predicted molar refractivity (Wildman–Crippen MR) is 57.5 cm³/mol. The van der Waals surface area contributed by atoms with Crippen LogP contribution in [0.4, 0.5) is 13.2 Å². The number of nitrogens with zero attached hydrogens (tertiary/aromatic N) is 2. The van der Waals surface area contributed by atoms with Gasteiger partial charge in [0.05, 0.1) is 12.2 Å². The van der Waals surface area contributed by atoms with Crippen LogP contribution in [0.5, 0.6) is 0 Å². The van der Waals surface area contributed by atoms with Crippen molar-refractivity contribution in [2.24, 2.45) is 5.84 Å². The summed E-state index contributed by atoms with van der Waals surface area (Å²) in [6.07, 6.45) is 2.74. The van der Waals surface area contributed by atoms with E-state index in [-0.39, 0.29) is 5.56 Å². The van der Waals surface area contributed by atoms with Gasteiger partial charge in [0.1, 0.15) is 0 Å². The lowest BCUT2D eigenvalue weighted by atomic mass is 10.0. The quantitative estimate of drug-likeness (QED) is 0.494. The molecule has 94 valence electrons. The van der Waals surface area contributed by atoms with Crippen LogP contribution in [0.15, 0.2) is 30.6 Å². The van der Waals surface area contributed by atoms with Crippen molar-refractivity contribution in [3.8, 4) is 0 Å². The van der Waals surface area contributed by atoms with E-state index in [2.05, 4.69) is 15.6 Å². The molecule has 0 radical (unpaired) electrons. The van der Waals surface area contributed by atoms with E-state index in [1.54, 1.807) is 0 Å². The fourth-order valence-electron chi connectivity index (χ4n) is 1.60. The zero-order valence-corrected chi connectivity index (χ0v) is 9.07. The van der Waals surface area contributed by atoms with Crippen molar-refractivity contribution in [1.29, 1.82) is 0 Å². The average Bonchev–Trinajstić information content (AvgIpc) is 2.41. The summed E-state index contributed by atoms with van der Waals surface area (Å²) in [6, 6.07) is 2.67. The van der Waals surface area contributed by atoms with Crippen molar-refractivity contribution in [3.63, 3.8) is 0 Å². The van der Waals surface area contributed by atoms with Crippen LogP contribution in [0.3, 0.4) is 0 Å². The Labute approximate surface area is 101 Å². The minimum atomic E-state index is -1.53. The fourth-order valence-corrected chi connectivity index (χ4v) is 1.60. The van der Waals surface area contributed by atoms with E-state index in [9.17, 15) is 13.2 Å². The highest BCUT2D eigenvalue weighted by molar-refractivity contribution is 5.31. The van der Waals surface area contributed by atoms with Crippen LogP contribution < -0.4 is 11.3 Å². The van der Waals surface area contributed by atoms with Crippen molar-refractivity contribution >= 4 is 0 Å². The number of nitrogens with one attached hydrogen (secondary N) is 1. The standard InChI is InChI=1S/C11H9F3N4/c12-8-2-1-7(9(13)10(8)14)11(18-15)6-3-4-16-17-5-6/h1-5,11,18H,15H2. The molecular formula is C11H9F3N4. The first-order valence-corrected chi connectivity index (χ1v) is 5.01. The molecule has 1 unspecified atom stereocenters. The zero-order valence-electron chi connectivity index (χ0n) is 9.07. The summed E-state index contributed by atoms with van der Waals surface area (Å²) in [4.78, 5) is 0. The summed E-state index contributed by atoms with van der Waals surface area (Å²) >= 11 is 0. The number of halogens is 3. The molecule has 0 fully saturated rings. The Kier molecular flexibility index (Phi) is 3.54. The highest BCUT2D eigenvalue weighted by atomic mass is 19.2. The number of hydrogen-bond donors (Lipinski definition) is 2. The van der Waals surface area contributed by atoms with Gasteiger partial charge in [-0.05, 0) is 17.7 Å². The molecule has 0 spiro atoms. The van der Waals surface area contributed by atoms with Gasteiger partial charge in [-0.1, -0.05) is 6.07 Å². The van der Waals surface area contributed by atoms with Crippen LogP contribution in [-0.4, -0.2) is 10.2 Å². The van der Waals surface area contributed by atoms with E-state index in [0.29, 0.717) is 5.56 Å². The number of aromatic nitrogens is 2. The molecule has 0 saturated heterocycles. The molecule has 7 heteroatoms. The number of rotatable bonds is 3. The highest BCUT2D eigenvalue weighted by Gasteiger charge is 2.21. The lowest BCUT2D eigenvalue weighted by Crippen LogP contribution is -2.30. The molecule has 0 amide bonds. The Morgan fingerprint density at radius 2 is 1.83 bits per heavy atom. The third-order valence-electron chi connectivity index (χ3n) is 2.48. The Balaban J connectivity index is 2.50. The first-order valence-electron chi connectivity index (χ1n) is 5.01. The monoisotopic (exact) mass is 254 g/mol. The molecule has 0 aliphatic rings. The Bertz CT molecular complexity index is 547. The van der Waals surface area contributed by atoms with Crippen molar-refractivity contribution in [3.05, 3.63) is 59.2 Å². The van der Waals surface area contributed by atoms with Crippen molar-refractivity contribution in [2.75, 3.05) is 0 Å². The summed E-state index contributed by atoms with van der Waals surface area (Å²) in [5.41, 5.74) is 2.70. The van der Waals surface area contributed by atoms with Crippen LogP contribution in [0.25, 0.3) is 0 Å². The Morgan fingerprint density at radius 1 is 1.06 bits per heavy atom. The second-order valence-electron chi connectivity index (χ2n) is 3.54. The minimum absolute atomic E-state index is 0.107. The molecule has 18 heavy (non-hydrogen) atoms. The highest BCUT2D eigenvalue weighted by Crippen LogP contribution is 2.25. The van der Waals surface area contributed by atoms with Gasteiger partial charge in [-0.2, -0.15) is 10.2 Å².